The number of nitrogens with zero attached hydrogens (tertiary/aromatic N) is 4. The van der Waals surface area contributed by atoms with Gasteiger partial charge < -0.3 is 4.57 Å². The van der Waals surface area contributed by atoms with Crippen LogP contribution in [0.1, 0.15) is 52.4 Å². The topological polar surface area (TPSA) is 58.4 Å². The zero-order valence-electron chi connectivity index (χ0n) is 16.9. The van der Waals surface area contributed by atoms with E-state index in [0.717, 1.165) is 0 Å². The minimum Gasteiger partial charge on any atom is -0.339 e. The van der Waals surface area contributed by atoms with Crippen molar-refractivity contribution in [1.29, 1.82) is 0 Å². The molecule has 1 aromatic rings. The van der Waals surface area contributed by atoms with Gasteiger partial charge in [-0.2, -0.15) is 4.31 Å². The van der Waals surface area contributed by atoms with E-state index in [9.17, 15) is 8.42 Å². The summed E-state index contributed by atoms with van der Waals surface area (Å²) in [5, 5.41) is 0.198. The second-order valence-electron chi connectivity index (χ2n) is 9.29. The van der Waals surface area contributed by atoms with Crippen LogP contribution in [0, 0.1) is 17.8 Å². The minimum atomic E-state index is -3.49. The number of rotatable bonds is 5. The molecular formula is C20H34N4O2S. The highest BCUT2D eigenvalue weighted by atomic mass is 32.2. The minimum absolute atomic E-state index is 0.198. The molecule has 0 spiro atoms. The van der Waals surface area contributed by atoms with E-state index in [-0.39, 0.29) is 5.03 Å². The molecule has 0 N–H and O–H groups in total. The molecule has 4 rings (SSSR count). The van der Waals surface area contributed by atoms with Crippen LogP contribution >= 0.6 is 0 Å². The number of hydrogen-bond donors (Lipinski definition) is 0. The summed E-state index contributed by atoms with van der Waals surface area (Å²) in [5.74, 6) is 1.62. The van der Waals surface area contributed by atoms with Crippen LogP contribution in [-0.2, 0) is 17.1 Å². The van der Waals surface area contributed by atoms with Gasteiger partial charge in [0.1, 0.15) is 0 Å². The summed E-state index contributed by atoms with van der Waals surface area (Å²) in [6, 6.07) is 1.10. The second kappa shape index (κ2) is 7.48. The molecule has 2 bridgehead atoms. The summed E-state index contributed by atoms with van der Waals surface area (Å²) in [6.07, 6.45) is 10.6. The Morgan fingerprint density at radius 2 is 2.00 bits per heavy atom. The highest BCUT2D eigenvalue weighted by Crippen LogP contribution is 2.43. The lowest BCUT2D eigenvalue weighted by atomic mass is 9.71. The maximum atomic E-state index is 13.2. The van der Waals surface area contributed by atoms with Gasteiger partial charge in [-0.05, 0) is 56.4 Å². The van der Waals surface area contributed by atoms with Crippen LogP contribution in [-0.4, -0.2) is 58.9 Å². The largest absolute Gasteiger partial charge is 0.339 e. The number of imidazole rings is 1. The SMILES string of the molecule is CC(C)CC[C@H]1[C@H]2C[C@H](CN(S(=O)(=O)c3cn(C)cn3)C2)[C@@H]2CCCCN21. The van der Waals surface area contributed by atoms with E-state index >= 15 is 0 Å². The van der Waals surface area contributed by atoms with Crippen LogP contribution in [0.4, 0.5) is 0 Å². The molecule has 3 fully saturated rings. The van der Waals surface area contributed by atoms with Crippen molar-refractivity contribution in [2.45, 2.75) is 69.5 Å². The van der Waals surface area contributed by atoms with E-state index in [0.29, 0.717) is 42.9 Å². The van der Waals surface area contributed by atoms with Gasteiger partial charge in [0.2, 0.25) is 0 Å². The molecule has 4 atom stereocenters. The zero-order chi connectivity index (χ0) is 19.2. The molecule has 4 heterocycles. The quantitative estimate of drug-likeness (QED) is 0.770. The Bertz CT molecular complexity index is 760. The molecule has 0 aromatic carbocycles. The smallest absolute Gasteiger partial charge is 0.262 e. The molecule has 152 valence electrons. The maximum Gasteiger partial charge on any atom is 0.262 e. The maximum absolute atomic E-state index is 13.2. The van der Waals surface area contributed by atoms with Crippen LogP contribution in [0.15, 0.2) is 17.6 Å². The van der Waals surface area contributed by atoms with Crippen molar-refractivity contribution in [2.24, 2.45) is 24.8 Å². The lowest BCUT2D eigenvalue weighted by molar-refractivity contribution is -0.0594. The van der Waals surface area contributed by atoms with Gasteiger partial charge in [-0.1, -0.05) is 20.3 Å². The molecule has 1 aromatic heterocycles. The fraction of sp³-hybridized carbons (Fsp3) is 0.850. The first kappa shape index (κ1) is 19.4. The van der Waals surface area contributed by atoms with Gasteiger partial charge in [0, 0.05) is 38.4 Å². The molecule has 0 radical (unpaired) electrons. The Kier molecular flexibility index (Phi) is 5.38. The first-order chi connectivity index (χ1) is 12.9. The normalized spacial score (nSPS) is 32.6. The van der Waals surface area contributed by atoms with Crippen LogP contribution in [0.5, 0.6) is 0 Å². The predicted molar refractivity (Wildman–Crippen MR) is 106 cm³/mol. The summed E-state index contributed by atoms with van der Waals surface area (Å²) >= 11 is 0. The molecule has 3 saturated heterocycles. The Morgan fingerprint density at radius 1 is 1.22 bits per heavy atom. The Hall–Kier alpha value is -0.920. The first-order valence-electron chi connectivity index (χ1n) is 10.6. The molecule has 0 unspecified atom stereocenters. The van der Waals surface area contributed by atoms with E-state index in [1.807, 2.05) is 7.05 Å². The molecule has 3 aliphatic heterocycles. The summed E-state index contributed by atoms with van der Waals surface area (Å²) in [7, 11) is -1.67. The van der Waals surface area contributed by atoms with E-state index in [1.54, 1.807) is 21.4 Å². The van der Waals surface area contributed by atoms with Crippen molar-refractivity contribution < 1.29 is 8.42 Å². The van der Waals surface area contributed by atoms with Gasteiger partial charge in [-0.15, -0.1) is 0 Å². The van der Waals surface area contributed by atoms with Gasteiger partial charge in [0.25, 0.3) is 10.0 Å². The summed E-state index contributed by atoms with van der Waals surface area (Å²) < 4.78 is 29.9. The van der Waals surface area contributed by atoms with Crippen LogP contribution in [0.3, 0.4) is 0 Å². The lowest BCUT2D eigenvalue weighted by Crippen LogP contribution is -2.64. The number of piperidine rings is 3. The second-order valence-corrected chi connectivity index (χ2v) is 11.2. The molecular weight excluding hydrogens is 360 g/mol. The zero-order valence-corrected chi connectivity index (χ0v) is 17.7. The number of hydrogen-bond acceptors (Lipinski definition) is 4. The third kappa shape index (κ3) is 3.70. The summed E-state index contributed by atoms with van der Waals surface area (Å²) in [5.41, 5.74) is 0. The van der Waals surface area contributed by atoms with Crippen molar-refractivity contribution in [3.8, 4) is 0 Å². The van der Waals surface area contributed by atoms with Gasteiger partial charge in [0.15, 0.2) is 5.03 Å². The fourth-order valence-electron chi connectivity index (χ4n) is 5.62. The summed E-state index contributed by atoms with van der Waals surface area (Å²) in [6.45, 7) is 7.10. The highest BCUT2D eigenvalue weighted by molar-refractivity contribution is 7.89. The van der Waals surface area contributed by atoms with Crippen LogP contribution in [0.2, 0.25) is 0 Å². The van der Waals surface area contributed by atoms with Crippen molar-refractivity contribution in [3.05, 3.63) is 12.5 Å². The standard InChI is InChI=1S/C20H34N4O2S/c1-15(2)7-8-19-17-10-16(18-6-4-5-9-24(18)19)11-23(12-17)27(25,26)20-13-22(3)14-21-20/h13-19H,4-12H2,1-3H3/t16-,17+,18+,19+/m1/s1. The van der Waals surface area contributed by atoms with E-state index in [4.69, 9.17) is 0 Å². The number of sulfonamides is 1. The van der Waals surface area contributed by atoms with E-state index in [1.165, 1.54) is 45.1 Å². The van der Waals surface area contributed by atoms with Crippen molar-refractivity contribution in [2.75, 3.05) is 19.6 Å². The monoisotopic (exact) mass is 394 g/mol. The lowest BCUT2D eigenvalue weighted by Gasteiger charge is -2.56. The van der Waals surface area contributed by atoms with E-state index in [2.05, 4.69) is 23.7 Å². The molecule has 27 heavy (non-hydrogen) atoms. The number of aryl methyl sites for hydroxylation is 1. The predicted octanol–water partition coefficient (Wildman–Crippen LogP) is 2.72. The average molecular weight is 395 g/mol. The van der Waals surface area contributed by atoms with Crippen LogP contribution < -0.4 is 0 Å². The molecule has 7 heteroatoms. The van der Waals surface area contributed by atoms with Gasteiger partial charge in [-0.3, -0.25) is 4.90 Å². The van der Waals surface area contributed by atoms with Gasteiger partial charge in [0.05, 0.1) is 6.33 Å². The highest BCUT2D eigenvalue weighted by Gasteiger charge is 2.49. The van der Waals surface area contributed by atoms with E-state index < -0.39 is 10.0 Å². The molecule has 3 aliphatic rings. The fourth-order valence-corrected chi connectivity index (χ4v) is 7.14. The average Bonchev–Trinajstić information content (AvgIpc) is 3.08. The first-order valence-corrected chi connectivity index (χ1v) is 12.0. The third-order valence-electron chi connectivity index (χ3n) is 6.91. The molecule has 0 saturated carbocycles. The number of aromatic nitrogens is 2. The van der Waals surface area contributed by atoms with Crippen molar-refractivity contribution in [1.82, 2.24) is 18.8 Å². The summed E-state index contributed by atoms with van der Waals surface area (Å²) in [4.78, 5) is 6.91. The Balaban J connectivity index is 1.59. The van der Waals surface area contributed by atoms with Crippen molar-refractivity contribution in [3.63, 3.8) is 0 Å². The third-order valence-corrected chi connectivity index (χ3v) is 8.63. The van der Waals surface area contributed by atoms with Gasteiger partial charge in [-0.25, -0.2) is 13.4 Å². The molecule has 6 nitrogen and oxygen atoms in total. The molecule has 0 aliphatic carbocycles. The van der Waals surface area contributed by atoms with Gasteiger partial charge >= 0.3 is 0 Å². The Labute approximate surface area is 164 Å². The van der Waals surface area contributed by atoms with Crippen molar-refractivity contribution >= 4 is 10.0 Å². The van der Waals surface area contributed by atoms with Crippen LogP contribution in [0.25, 0.3) is 0 Å². The Morgan fingerprint density at radius 3 is 2.70 bits per heavy atom. The molecule has 0 amide bonds. The number of fused-ring (bicyclic) bond motifs is 4.